The van der Waals surface area contributed by atoms with Crippen LogP contribution in [0.2, 0.25) is 0 Å². The topological polar surface area (TPSA) is 61.0 Å². The van der Waals surface area contributed by atoms with Crippen LogP contribution in [0.1, 0.15) is 54.6 Å². The SMILES string of the molecule is O=C(c1[nH]nc2c1CCCN2)N1CCCCCCC1. The Morgan fingerprint density at radius 2 is 1.79 bits per heavy atom. The maximum atomic E-state index is 12.6. The van der Waals surface area contributed by atoms with Crippen molar-refractivity contribution in [2.75, 3.05) is 25.0 Å². The zero-order valence-corrected chi connectivity index (χ0v) is 11.4. The van der Waals surface area contributed by atoms with Crippen LogP contribution in [0.4, 0.5) is 5.82 Å². The Morgan fingerprint density at radius 1 is 1.05 bits per heavy atom. The number of aromatic nitrogens is 2. The first-order valence-electron chi connectivity index (χ1n) is 7.46. The highest BCUT2D eigenvalue weighted by Gasteiger charge is 2.25. The fourth-order valence-electron chi connectivity index (χ4n) is 3.01. The van der Waals surface area contributed by atoms with Gasteiger partial charge in [0.05, 0.1) is 0 Å². The van der Waals surface area contributed by atoms with Gasteiger partial charge in [-0.2, -0.15) is 5.10 Å². The number of rotatable bonds is 1. The van der Waals surface area contributed by atoms with Crippen LogP contribution in [0.15, 0.2) is 0 Å². The van der Waals surface area contributed by atoms with Gasteiger partial charge in [0.15, 0.2) is 5.82 Å². The molecule has 104 valence electrons. The summed E-state index contributed by atoms with van der Waals surface area (Å²) >= 11 is 0. The molecule has 1 amide bonds. The van der Waals surface area contributed by atoms with Gasteiger partial charge in [0.1, 0.15) is 5.69 Å². The van der Waals surface area contributed by atoms with E-state index in [0.29, 0.717) is 5.69 Å². The average Bonchev–Trinajstić information content (AvgIpc) is 2.81. The molecule has 1 aromatic heterocycles. The summed E-state index contributed by atoms with van der Waals surface area (Å²) < 4.78 is 0. The Kier molecular flexibility index (Phi) is 3.71. The highest BCUT2D eigenvalue weighted by atomic mass is 16.2. The summed E-state index contributed by atoms with van der Waals surface area (Å²) in [4.78, 5) is 14.6. The molecule has 0 aromatic carbocycles. The van der Waals surface area contributed by atoms with E-state index >= 15 is 0 Å². The molecule has 19 heavy (non-hydrogen) atoms. The highest BCUT2D eigenvalue weighted by molar-refractivity contribution is 5.95. The first kappa shape index (κ1) is 12.5. The molecule has 0 bridgehead atoms. The number of nitrogens with zero attached hydrogens (tertiary/aromatic N) is 2. The molecule has 3 rings (SSSR count). The molecular formula is C14H22N4O. The Labute approximate surface area is 113 Å². The lowest BCUT2D eigenvalue weighted by atomic mass is 10.0. The van der Waals surface area contributed by atoms with Crippen LogP contribution in [0.5, 0.6) is 0 Å². The van der Waals surface area contributed by atoms with E-state index in [1.165, 1.54) is 19.3 Å². The van der Waals surface area contributed by atoms with Gasteiger partial charge in [-0.05, 0) is 25.7 Å². The van der Waals surface area contributed by atoms with E-state index < -0.39 is 0 Å². The average molecular weight is 262 g/mol. The molecule has 5 heteroatoms. The summed E-state index contributed by atoms with van der Waals surface area (Å²) in [6.07, 6.45) is 8.07. The molecule has 0 spiro atoms. The first-order valence-corrected chi connectivity index (χ1v) is 7.46. The smallest absolute Gasteiger partial charge is 0.272 e. The summed E-state index contributed by atoms with van der Waals surface area (Å²) in [6, 6.07) is 0. The third kappa shape index (κ3) is 2.60. The van der Waals surface area contributed by atoms with Crippen molar-refractivity contribution < 1.29 is 4.79 Å². The molecule has 0 radical (unpaired) electrons. The second kappa shape index (κ2) is 5.63. The lowest BCUT2D eigenvalue weighted by molar-refractivity contribution is 0.0735. The Hall–Kier alpha value is -1.52. The fourth-order valence-corrected chi connectivity index (χ4v) is 3.01. The fraction of sp³-hybridized carbons (Fsp3) is 0.714. The van der Waals surface area contributed by atoms with Crippen molar-refractivity contribution in [1.82, 2.24) is 15.1 Å². The lowest BCUT2D eigenvalue weighted by Crippen LogP contribution is -2.34. The van der Waals surface area contributed by atoms with Gasteiger partial charge in [-0.25, -0.2) is 0 Å². The zero-order valence-electron chi connectivity index (χ0n) is 11.4. The van der Waals surface area contributed by atoms with Gasteiger partial charge in [0.2, 0.25) is 0 Å². The minimum atomic E-state index is 0.138. The van der Waals surface area contributed by atoms with Crippen LogP contribution >= 0.6 is 0 Å². The third-order valence-electron chi connectivity index (χ3n) is 4.12. The third-order valence-corrected chi connectivity index (χ3v) is 4.12. The number of aromatic amines is 1. The van der Waals surface area contributed by atoms with E-state index in [2.05, 4.69) is 15.5 Å². The quantitative estimate of drug-likeness (QED) is 0.815. The molecule has 0 atom stereocenters. The van der Waals surface area contributed by atoms with Gasteiger partial charge in [0, 0.05) is 25.2 Å². The molecule has 0 saturated carbocycles. The molecule has 0 aliphatic carbocycles. The largest absolute Gasteiger partial charge is 0.368 e. The number of amides is 1. The van der Waals surface area contributed by atoms with Crippen LogP contribution < -0.4 is 5.32 Å². The minimum Gasteiger partial charge on any atom is -0.368 e. The normalized spacial score (nSPS) is 20.1. The van der Waals surface area contributed by atoms with Crippen LogP contribution in [0.3, 0.4) is 0 Å². The molecular weight excluding hydrogens is 240 g/mol. The molecule has 1 aromatic rings. The van der Waals surface area contributed by atoms with Crippen molar-refractivity contribution >= 4 is 11.7 Å². The summed E-state index contributed by atoms with van der Waals surface area (Å²) in [5, 5.41) is 10.4. The highest BCUT2D eigenvalue weighted by Crippen LogP contribution is 2.24. The van der Waals surface area contributed by atoms with Gasteiger partial charge >= 0.3 is 0 Å². The number of H-pyrrole nitrogens is 1. The van der Waals surface area contributed by atoms with E-state index in [4.69, 9.17) is 0 Å². The standard InChI is InChI=1S/C14H22N4O/c19-14(18-9-4-2-1-3-5-10-18)12-11-7-6-8-15-13(11)17-16-12/h1-10H2,(H2,15,16,17). The molecule has 5 nitrogen and oxygen atoms in total. The predicted octanol–water partition coefficient (Wildman–Crippen LogP) is 2.17. The number of fused-ring (bicyclic) bond motifs is 1. The second-order valence-corrected chi connectivity index (χ2v) is 5.52. The van der Waals surface area contributed by atoms with Gasteiger partial charge in [-0.15, -0.1) is 0 Å². The van der Waals surface area contributed by atoms with E-state index in [1.54, 1.807) is 0 Å². The van der Waals surface area contributed by atoms with E-state index in [0.717, 1.165) is 56.7 Å². The zero-order chi connectivity index (χ0) is 13.1. The van der Waals surface area contributed by atoms with E-state index in [9.17, 15) is 4.79 Å². The van der Waals surface area contributed by atoms with Crippen molar-refractivity contribution in [3.8, 4) is 0 Å². The van der Waals surface area contributed by atoms with Crippen molar-refractivity contribution in [2.45, 2.75) is 44.9 Å². The van der Waals surface area contributed by atoms with Crippen LogP contribution in [0, 0.1) is 0 Å². The summed E-state index contributed by atoms with van der Waals surface area (Å²) in [5.41, 5.74) is 1.79. The van der Waals surface area contributed by atoms with Crippen molar-refractivity contribution in [1.29, 1.82) is 0 Å². The van der Waals surface area contributed by atoms with Crippen molar-refractivity contribution in [2.24, 2.45) is 0 Å². The first-order chi connectivity index (χ1) is 9.36. The van der Waals surface area contributed by atoms with Gasteiger partial charge in [-0.1, -0.05) is 19.3 Å². The van der Waals surface area contributed by atoms with E-state index in [-0.39, 0.29) is 5.91 Å². The summed E-state index contributed by atoms with van der Waals surface area (Å²) in [5.74, 6) is 1.01. The second-order valence-electron chi connectivity index (χ2n) is 5.52. The van der Waals surface area contributed by atoms with Gasteiger partial charge < -0.3 is 10.2 Å². The number of nitrogens with one attached hydrogen (secondary N) is 2. The maximum absolute atomic E-state index is 12.6. The number of anilines is 1. The molecule has 1 fully saturated rings. The predicted molar refractivity (Wildman–Crippen MR) is 74.4 cm³/mol. The summed E-state index contributed by atoms with van der Waals surface area (Å²) in [7, 11) is 0. The Morgan fingerprint density at radius 3 is 2.58 bits per heavy atom. The molecule has 3 heterocycles. The number of hydrogen-bond donors (Lipinski definition) is 2. The molecule has 2 aliphatic rings. The number of hydrogen-bond acceptors (Lipinski definition) is 3. The van der Waals surface area contributed by atoms with E-state index in [1.807, 2.05) is 4.90 Å². The number of likely N-dealkylation sites (tertiary alicyclic amines) is 1. The molecule has 1 saturated heterocycles. The van der Waals surface area contributed by atoms with Gasteiger partial charge in [0.25, 0.3) is 5.91 Å². The molecule has 0 unspecified atom stereocenters. The number of carbonyl (C=O) groups excluding carboxylic acids is 1. The lowest BCUT2D eigenvalue weighted by Gasteiger charge is -2.25. The van der Waals surface area contributed by atoms with Crippen LogP contribution in [-0.4, -0.2) is 40.6 Å². The Bertz CT molecular complexity index is 446. The van der Waals surface area contributed by atoms with Crippen LogP contribution in [-0.2, 0) is 6.42 Å². The van der Waals surface area contributed by atoms with Crippen molar-refractivity contribution in [3.63, 3.8) is 0 Å². The van der Waals surface area contributed by atoms with Gasteiger partial charge in [-0.3, -0.25) is 9.89 Å². The Balaban J connectivity index is 1.76. The number of carbonyl (C=O) groups is 1. The molecule has 2 aliphatic heterocycles. The monoisotopic (exact) mass is 262 g/mol. The van der Waals surface area contributed by atoms with Crippen LogP contribution in [0.25, 0.3) is 0 Å². The molecule has 2 N–H and O–H groups in total. The maximum Gasteiger partial charge on any atom is 0.272 e. The minimum absolute atomic E-state index is 0.138. The van der Waals surface area contributed by atoms with Crippen molar-refractivity contribution in [3.05, 3.63) is 11.3 Å². The summed E-state index contributed by atoms with van der Waals surface area (Å²) in [6.45, 7) is 2.73.